The summed E-state index contributed by atoms with van der Waals surface area (Å²) in [6, 6.07) is 3.65. The summed E-state index contributed by atoms with van der Waals surface area (Å²) in [6.07, 6.45) is 2.47. The Bertz CT molecular complexity index is 436. The average Bonchev–Trinajstić information content (AvgIpc) is 2.46. The molecule has 0 unspecified atom stereocenters. The van der Waals surface area contributed by atoms with Crippen molar-refractivity contribution in [2.24, 2.45) is 0 Å². The molecule has 2 aromatic rings. The molecule has 0 atom stereocenters. The van der Waals surface area contributed by atoms with Crippen LogP contribution >= 0.6 is 15.9 Å². The fourth-order valence-electron chi connectivity index (χ4n) is 1.09. The van der Waals surface area contributed by atoms with E-state index < -0.39 is 0 Å². The summed E-state index contributed by atoms with van der Waals surface area (Å²) >= 11 is 3.25. The zero-order chi connectivity index (χ0) is 8.55. The smallest absolute Gasteiger partial charge is 0.166 e. The Kier molecular flexibility index (Phi) is 1.69. The predicted molar refractivity (Wildman–Crippen MR) is 49.2 cm³/mol. The Labute approximate surface area is 76.9 Å². The van der Waals surface area contributed by atoms with Crippen molar-refractivity contribution in [1.29, 1.82) is 0 Å². The number of halogens is 1. The molecule has 2 aromatic heterocycles. The van der Waals surface area contributed by atoms with Gasteiger partial charge in [0.05, 0.1) is 17.4 Å². The van der Waals surface area contributed by atoms with Crippen LogP contribution in [0.2, 0.25) is 0 Å². The molecule has 2 heterocycles. The summed E-state index contributed by atoms with van der Waals surface area (Å²) in [7, 11) is 0. The molecule has 0 saturated heterocycles. The van der Waals surface area contributed by atoms with Crippen LogP contribution in [-0.2, 0) is 0 Å². The van der Waals surface area contributed by atoms with E-state index >= 15 is 0 Å². The third kappa shape index (κ3) is 1.14. The minimum absolute atomic E-state index is 0.574. The van der Waals surface area contributed by atoms with Crippen LogP contribution in [-0.4, -0.2) is 16.3 Å². The number of aromatic nitrogens is 2. The zero-order valence-corrected chi connectivity index (χ0v) is 7.63. The number of nitrogens with one attached hydrogen (secondary N) is 1. The van der Waals surface area contributed by atoms with Gasteiger partial charge in [-0.05, 0) is 28.1 Å². The summed E-state index contributed by atoms with van der Waals surface area (Å²) in [5.41, 5.74) is 1.45. The van der Waals surface area contributed by atoms with Crippen LogP contribution in [0.25, 0.3) is 10.9 Å². The van der Waals surface area contributed by atoms with E-state index in [1.54, 1.807) is 12.3 Å². The molecule has 0 amide bonds. The fraction of sp³-hybridized carbons (Fsp3) is 0. The highest BCUT2D eigenvalue weighted by Crippen LogP contribution is 2.16. The molecule has 0 aromatic carbocycles. The second-order valence-corrected chi connectivity index (χ2v) is 3.25. The van der Waals surface area contributed by atoms with E-state index in [0.29, 0.717) is 5.69 Å². The number of carbonyl (C=O) groups is 1. The topological polar surface area (TPSA) is 45.8 Å². The fourth-order valence-corrected chi connectivity index (χ4v) is 1.44. The molecule has 0 spiro atoms. The highest BCUT2D eigenvalue weighted by Gasteiger charge is 1.99. The van der Waals surface area contributed by atoms with Gasteiger partial charge in [0.1, 0.15) is 4.60 Å². The Morgan fingerprint density at radius 3 is 3.08 bits per heavy atom. The number of carbonyl (C=O) groups excluding carboxylic acids is 1. The van der Waals surface area contributed by atoms with Crippen LogP contribution in [0.5, 0.6) is 0 Å². The van der Waals surface area contributed by atoms with Crippen molar-refractivity contribution < 1.29 is 4.79 Å². The van der Waals surface area contributed by atoms with Crippen molar-refractivity contribution in [3.8, 4) is 0 Å². The maximum atomic E-state index is 10.4. The van der Waals surface area contributed by atoms with Crippen molar-refractivity contribution in [2.75, 3.05) is 0 Å². The molecule has 12 heavy (non-hydrogen) atoms. The first kappa shape index (κ1) is 7.49. The number of rotatable bonds is 1. The lowest BCUT2D eigenvalue weighted by molar-refractivity contribution is 0.112. The maximum Gasteiger partial charge on any atom is 0.166 e. The summed E-state index contributed by atoms with van der Waals surface area (Å²) in [5.74, 6) is 0. The van der Waals surface area contributed by atoms with Gasteiger partial charge in [-0.15, -0.1) is 0 Å². The molecule has 3 nitrogen and oxygen atoms in total. The van der Waals surface area contributed by atoms with Gasteiger partial charge in [-0.1, -0.05) is 0 Å². The largest absolute Gasteiger partial charge is 0.351 e. The van der Waals surface area contributed by atoms with Crippen LogP contribution < -0.4 is 0 Å². The van der Waals surface area contributed by atoms with Crippen LogP contribution in [0.15, 0.2) is 22.9 Å². The molecule has 0 aliphatic carbocycles. The molecule has 0 radical (unpaired) electrons. The Morgan fingerprint density at radius 2 is 2.33 bits per heavy atom. The number of fused-ring (bicyclic) bond motifs is 1. The lowest BCUT2D eigenvalue weighted by Crippen LogP contribution is -1.76. The molecular weight excluding hydrogens is 220 g/mol. The highest BCUT2D eigenvalue weighted by atomic mass is 79.9. The number of hydrogen-bond donors (Lipinski definition) is 1. The van der Waals surface area contributed by atoms with Gasteiger partial charge in [0.2, 0.25) is 0 Å². The summed E-state index contributed by atoms with van der Waals surface area (Å²) in [5, 5.41) is 0.985. The standard InChI is InChI=1S/C8H5BrN2O/c9-8-2-5-1-6(4-12)11-7(5)3-10-8/h1-4,11H. The molecule has 2 rings (SSSR count). The van der Waals surface area contributed by atoms with Crippen LogP contribution in [0.3, 0.4) is 0 Å². The van der Waals surface area contributed by atoms with Gasteiger partial charge in [-0.2, -0.15) is 0 Å². The van der Waals surface area contributed by atoms with E-state index in [2.05, 4.69) is 25.9 Å². The third-order valence-corrected chi connectivity index (χ3v) is 2.05. The molecule has 0 saturated carbocycles. The van der Waals surface area contributed by atoms with Crippen molar-refractivity contribution in [1.82, 2.24) is 9.97 Å². The van der Waals surface area contributed by atoms with Gasteiger partial charge >= 0.3 is 0 Å². The first-order chi connectivity index (χ1) is 5.79. The minimum atomic E-state index is 0.574. The quantitative estimate of drug-likeness (QED) is 0.596. The molecule has 0 bridgehead atoms. The van der Waals surface area contributed by atoms with Crippen LogP contribution in [0.1, 0.15) is 10.5 Å². The van der Waals surface area contributed by atoms with E-state index in [9.17, 15) is 4.79 Å². The van der Waals surface area contributed by atoms with Crippen molar-refractivity contribution in [2.45, 2.75) is 0 Å². The second kappa shape index (κ2) is 2.71. The van der Waals surface area contributed by atoms with Gasteiger partial charge in [-0.3, -0.25) is 4.79 Å². The second-order valence-electron chi connectivity index (χ2n) is 2.44. The lowest BCUT2D eigenvalue weighted by atomic mass is 10.3. The average molecular weight is 225 g/mol. The lowest BCUT2D eigenvalue weighted by Gasteiger charge is -1.88. The third-order valence-electron chi connectivity index (χ3n) is 1.62. The number of hydrogen-bond acceptors (Lipinski definition) is 2. The monoisotopic (exact) mass is 224 g/mol. The Morgan fingerprint density at radius 1 is 1.50 bits per heavy atom. The van der Waals surface area contributed by atoms with Crippen molar-refractivity contribution in [3.05, 3.63) is 28.6 Å². The molecule has 60 valence electrons. The first-order valence-electron chi connectivity index (χ1n) is 3.39. The Hall–Kier alpha value is -1.16. The summed E-state index contributed by atoms with van der Waals surface area (Å²) in [6.45, 7) is 0. The zero-order valence-electron chi connectivity index (χ0n) is 6.04. The normalized spacial score (nSPS) is 10.4. The molecular formula is C8H5BrN2O. The molecule has 4 heteroatoms. The van der Waals surface area contributed by atoms with Crippen molar-refractivity contribution in [3.63, 3.8) is 0 Å². The highest BCUT2D eigenvalue weighted by molar-refractivity contribution is 9.10. The minimum Gasteiger partial charge on any atom is -0.351 e. The summed E-state index contributed by atoms with van der Waals surface area (Å²) < 4.78 is 0.770. The van der Waals surface area contributed by atoms with E-state index in [4.69, 9.17) is 0 Å². The van der Waals surface area contributed by atoms with Crippen LogP contribution in [0, 0.1) is 0 Å². The van der Waals surface area contributed by atoms with Gasteiger partial charge in [-0.25, -0.2) is 4.98 Å². The van der Waals surface area contributed by atoms with Crippen molar-refractivity contribution >= 4 is 33.1 Å². The molecule has 1 N–H and O–H groups in total. The van der Waals surface area contributed by atoms with Gasteiger partial charge in [0.25, 0.3) is 0 Å². The molecule has 0 aliphatic heterocycles. The maximum absolute atomic E-state index is 10.4. The molecule has 0 fully saturated rings. The van der Waals surface area contributed by atoms with E-state index in [0.717, 1.165) is 21.8 Å². The summed E-state index contributed by atoms with van der Waals surface area (Å²) in [4.78, 5) is 17.3. The Balaban J connectivity index is 2.75. The van der Waals surface area contributed by atoms with Gasteiger partial charge in [0, 0.05) is 5.39 Å². The molecule has 0 aliphatic rings. The number of aldehydes is 1. The first-order valence-corrected chi connectivity index (χ1v) is 4.18. The van der Waals surface area contributed by atoms with Gasteiger partial charge < -0.3 is 4.98 Å². The van der Waals surface area contributed by atoms with E-state index in [1.807, 2.05) is 6.07 Å². The number of H-pyrrole nitrogens is 1. The van der Waals surface area contributed by atoms with E-state index in [-0.39, 0.29) is 0 Å². The predicted octanol–water partition coefficient (Wildman–Crippen LogP) is 2.14. The van der Waals surface area contributed by atoms with Crippen LogP contribution in [0.4, 0.5) is 0 Å². The number of pyridine rings is 1. The number of aromatic amines is 1. The SMILES string of the molecule is O=Cc1cc2cc(Br)ncc2[nH]1. The number of nitrogens with zero attached hydrogens (tertiary/aromatic N) is 1. The van der Waals surface area contributed by atoms with E-state index in [1.165, 1.54) is 0 Å². The van der Waals surface area contributed by atoms with Gasteiger partial charge in [0.15, 0.2) is 6.29 Å².